The molecule has 3 aromatic heterocycles. The average molecular weight is 270 g/mol. The summed E-state index contributed by atoms with van der Waals surface area (Å²) in [6.45, 7) is 1.83. The predicted octanol–water partition coefficient (Wildman–Crippen LogP) is 2.07. The number of nitrogens with one attached hydrogen (secondary N) is 2. The van der Waals surface area contributed by atoms with E-state index in [2.05, 4.69) is 31.3 Å². The van der Waals surface area contributed by atoms with E-state index in [1.165, 1.54) is 0 Å². The number of hydrogen-bond acceptors (Lipinski definition) is 4. The van der Waals surface area contributed by atoms with Gasteiger partial charge < -0.3 is 15.2 Å². The fraction of sp³-hybridized carbons (Fsp3) is 0.286. The first kappa shape index (κ1) is 12.5. The number of anilines is 2. The number of imidazole rings is 1. The van der Waals surface area contributed by atoms with Crippen LogP contribution in [0.3, 0.4) is 0 Å². The van der Waals surface area contributed by atoms with Crippen LogP contribution in [-0.2, 0) is 6.54 Å². The third-order valence-electron chi connectivity index (χ3n) is 3.23. The third kappa shape index (κ3) is 2.45. The van der Waals surface area contributed by atoms with Crippen molar-refractivity contribution in [3.63, 3.8) is 0 Å². The highest BCUT2D eigenvalue weighted by molar-refractivity contribution is 5.82. The van der Waals surface area contributed by atoms with E-state index in [1.54, 1.807) is 6.20 Å². The van der Waals surface area contributed by atoms with E-state index in [1.807, 2.05) is 42.4 Å². The van der Waals surface area contributed by atoms with Crippen molar-refractivity contribution < 1.29 is 0 Å². The minimum atomic E-state index is 0.872. The molecule has 0 aliphatic rings. The number of pyridine rings is 1. The van der Waals surface area contributed by atoms with Crippen LogP contribution in [0.2, 0.25) is 0 Å². The van der Waals surface area contributed by atoms with Gasteiger partial charge in [0.15, 0.2) is 5.82 Å². The number of nitrogens with zero attached hydrogens (tertiary/aromatic N) is 4. The lowest BCUT2D eigenvalue weighted by molar-refractivity contribution is 0.660. The molecule has 0 saturated carbocycles. The van der Waals surface area contributed by atoms with Crippen LogP contribution in [0.5, 0.6) is 0 Å². The van der Waals surface area contributed by atoms with Gasteiger partial charge in [0.05, 0.1) is 11.8 Å². The molecule has 0 amide bonds. The predicted molar refractivity (Wildman–Crippen MR) is 80.1 cm³/mol. The van der Waals surface area contributed by atoms with Gasteiger partial charge in [-0.05, 0) is 18.6 Å². The Morgan fingerprint density at radius 2 is 2.20 bits per heavy atom. The van der Waals surface area contributed by atoms with Crippen molar-refractivity contribution in [2.75, 3.05) is 24.2 Å². The van der Waals surface area contributed by atoms with Gasteiger partial charge in [-0.1, -0.05) is 6.07 Å². The summed E-state index contributed by atoms with van der Waals surface area (Å²) < 4.78 is 3.95. The minimum absolute atomic E-state index is 0.872. The Labute approximate surface area is 117 Å². The number of rotatable bonds is 6. The maximum Gasteiger partial charge on any atom is 0.172 e. The molecule has 0 aliphatic heterocycles. The van der Waals surface area contributed by atoms with Crippen LogP contribution in [0.1, 0.15) is 6.42 Å². The van der Waals surface area contributed by atoms with Crippen LogP contribution in [0.15, 0.2) is 43.1 Å². The van der Waals surface area contributed by atoms with E-state index in [4.69, 9.17) is 0 Å². The summed E-state index contributed by atoms with van der Waals surface area (Å²) in [5, 5.41) is 11.1. The van der Waals surface area contributed by atoms with Gasteiger partial charge in [0.2, 0.25) is 0 Å². The van der Waals surface area contributed by atoms with Gasteiger partial charge in [-0.15, -0.1) is 5.10 Å². The van der Waals surface area contributed by atoms with Crippen molar-refractivity contribution in [2.24, 2.45) is 0 Å². The van der Waals surface area contributed by atoms with Crippen molar-refractivity contribution in [1.29, 1.82) is 0 Å². The quantitative estimate of drug-likeness (QED) is 0.673. The Morgan fingerprint density at radius 3 is 3.00 bits per heavy atom. The van der Waals surface area contributed by atoms with E-state index >= 15 is 0 Å². The molecule has 6 heteroatoms. The summed E-state index contributed by atoms with van der Waals surface area (Å²) in [6, 6.07) is 6.04. The van der Waals surface area contributed by atoms with Gasteiger partial charge >= 0.3 is 0 Å². The SMILES string of the molecule is CNc1c(NCCCn2ccnc2)nn2ccccc12. The lowest BCUT2D eigenvalue weighted by atomic mass is 10.3. The van der Waals surface area contributed by atoms with Crippen molar-refractivity contribution in [1.82, 2.24) is 19.2 Å². The molecule has 2 N–H and O–H groups in total. The zero-order chi connectivity index (χ0) is 13.8. The lowest BCUT2D eigenvalue weighted by Crippen LogP contribution is -2.07. The maximum atomic E-state index is 4.54. The van der Waals surface area contributed by atoms with Gasteiger partial charge in [-0.3, -0.25) is 0 Å². The Morgan fingerprint density at radius 1 is 1.25 bits per heavy atom. The molecule has 0 saturated heterocycles. The van der Waals surface area contributed by atoms with Crippen molar-refractivity contribution >= 4 is 17.0 Å². The number of aromatic nitrogens is 4. The van der Waals surface area contributed by atoms with E-state index < -0.39 is 0 Å². The first-order chi connectivity index (χ1) is 9.88. The average Bonchev–Trinajstić information content (AvgIpc) is 3.10. The van der Waals surface area contributed by atoms with Crippen LogP contribution in [0.4, 0.5) is 11.5 Å². The summed E-state index contributed by atoms with van der Waals surface area (Å²) in [4.78, 5) is 4.03. The van der Waals surface area contributed by atoms with Crippen molar-refractivity contribution in [3.05, 3.63) is 43.1 Å². The smallest absolute Gasteiger partial charge is 0.172 e. The highest BCUT2D eigenvalue weighted by Crippen LogP contribution is 2.25. The van der Waals surface area contributed by atoms with E-state index in [9.17, 15) is 0 Å². The molecule has 0 aliphatic carbocycles. The molecule has 0 aromatic carbocycles. The second kappa shape index (κ2) is 5.64. The zero-order valence-corrected chi connectivity index (χ0v) is 11.5. The second-order valence-electron chi connectivity index (χ2n) is 4.58. The molecule has 0 unspecified atom stereocenters. The van der Waals surface area contributed by atoms with Crippen LogP contribution in [0.25, 0.3) is 5.52 Å². The molecule has 0 atom stereocenters. The first-order valence-electron chi connectivity index (χ1n) is 6.73. The molecule has 0 spiro atoms. The maximum absolute atomic E-state index is 4.54. The van der Waals surface area contributed by atoms with Gasteiger partial charge in [0, 0.05) is 38.7 Å². The van der Waals surface area contributed by atoms with Crippen molar-refractivity contribution in [3.8, 4) is 0 Å². The van der Waals surface area contributed by atoms with E-state index in [0.29, 0.717) is 0 Å². The van der Waals surface area contributed by atoms with Gasteiger partial charge in [-0.2, -0.15) is 0 Å². The Hall–Kier alpha value is -2.50. The van der Waals surface area contributed by atoms with Crippen molar-refractivity contribution in [2.45, 2.75) is 13.0 Å². The molecular weight excluding hydrogens is 252 g/mol. The first-order valence-corrected chi connectivity index (χ1v) is 6.73. The summed E-state index contributed by atoms with van der Waals surface area (Å²) in [6.07, 6.45) is 8.59. The molecule has 20 heavy (non-hydrogen) atoms. The fourth-order valence-electron chi connectivity index (χ4n) is 2.26. The molecule has 3 heterocycles. The van der Waals surface area contributed by atoms with Crippen LogP contribution < -0.4 is 10.6 Å². The van der Waals surface area contributed by atoms with E-state index in [-0.39, 0.29) is 0 Å². The Bertz CT molecular complexity index is 670. The number of aryl methyl sites for hydroxylation is 1. The largest absolute Gasteiger partial charge is 0.383 e. The summed E-state index contributed by atoms with van der Waals surface area (Å²) in [5.41, 5.74) is 2.11. The molecule has 0 bridgehead atoms. The molecular formula is C14H18N6. The highest BCUT2D eigenvalue weighted by Gasteiger charge is 2.09. The van der Waals surface area contributed by atoms with Crippen LogP contribution in [0, 0.1) is 0 Å². The van der Waals surface area contributed by atoms with Crippen LogP contribution >= 0.6 is 0 Å². The fourth-order valence-corrected chi connectivity index (χ4v) is 2.26. The van der Waals surface area contributed by atoms with Gasteiger partial charge in [-0.25, -0.2) is 9.50 Å². The summed E-state index contributed by atoms with van der Waals surface area (Å²) in [5.74, 6) is 0.893. The number of hydrogen-bond donors (Lipinski definition) is 2. The molecule has 3 aromatic rings. The molecule has 0 radical (unpaired) electrons. The minimum Gasteiger partial charge on any atom is -0.383 e. The molecule has 6 nitrogen and oxygen atoms in total. The van der Waals surface area contributed by atoms with Crippen LogP contribution in [-0.4, -0.2) is 32.8 Å². The van der Waals surface area contributed by atoms with Gasteiger partial charge in [0.1, 0.15) is 5.69 Å². The zero-order valence-electron chi connectivity index (χ0n) is 11.5. The topological polar surface area (TPSA) is 59.2 Å². The molecule has 104 valence electrons. The summed E-state index contributed by atoms with van der Waals surface area (Å²) >= 11 is 0. The Balaban J connectivity index is 1.65. The number of fused-ring (bicyclic) bond motifs is 1. The molecule has 3 rings (SSSR count). The third-order valence-corrected chi connectivity index (χ3v) is 3.23. The standard InChI is InChI=1S/C14H18N6/c1-15-13-12-5-2-3-9-20(12)18-14(13)17-6-4-8-19-10-7-16-11-19/h2-3,5,7,9-11,15H,4,6,8H2,1H3,(H,17,18). The second-order valence-corrected chi connectivity index (χ2v) is 4.58. The summed E-state index contributed by atoms with van der Waals surface area (Å²) in [7, 11) is 1.92. The highest BCUT2D eigenvalue weighted by atomic mass is 15.3. The normalized spacial score (nSPS) is 10.8. The van der Waals surface area contributed by atoms with E-state index in [0.717, 1.165) is 36.5 Å². The monoisotopic (exact) mass is 270 g/mol. The Kier molecular flexibility index (Phi) is 3.54. The van der Waals surface area contributed by atoms with Gasteiger partial charge in [0.25, 0.3) is 0 Å². The lowest BCUT2D eigenvalue weighted by Gasteiger charge is -2.06. The molecule has 0 fully saturated rings.